The fourth-order valence-corrected chi connectivity index (χ4v) is 2.57. The molecule has 0 amide bonds. The maximum absolute atomic E-state index is 5.84. The van der Waals surface area contributed by atoms with Gasteiger partial charge in [0.25, 0.3) is 0 Å². The van der Waals surface area contributed by atoms with Crippen molar-refractivity contribution in [3.63, 3.8) is 0 Å². The molecule has 0 radical (unpaired) electrons. The highest BCUT2D eigenvalue weighted by atomic mass is 35.5. The molecule has 2 heterocycles. The molecule has 0 aliphatic carbocycles. The molecule has 2 aromatic heterocycles. The van der Waals surface area contributed by atoms with Crippen molar-refractivity contribution < 1.29 is 0 Å². The van der Waals surface area contributed by atoms with Crippen LogP contribution in [0.4, 0.5) is 0 Å². The molecule has 0 aliphatic heterocycles. The Morgan fingerprint density at radius 1 is 1.60 bits per heavy atom. The molecule has 2 nitrogen and oxygen atoms in total. The van der Waals surface area contributed by atoms with Crippen LogP contribution in [-0.4, -0.2) is 9.55 Å². The van der Waals surface area contributed by atoms with E-state index in [9.17, 15) is 0 Å². The molecule has 0 aliphatic rings. The van der Waals surface area contributed by atoms with Gasteiger partial charge in [-0.1, -0.05) is 0 Å². The smallest absolute Gasteiger partial charge is 0.0951 e. The lowest BCUT2D eigenvalue weighted by atomic mass is 10.1. The summed E-state index contributed by atoms with van der Waals surface area (Å²) >= 11 is 7.58. The van der Waals surface area contributed by atoms with E-state index in [1.165, 1.54) is 5.56 Å². The summed E-state index contributed by atoms with van der Waals surface area (Å²) in [5, 5.41) is 4.30. The molecule has 1 unspecified atom stereocenters. The van der Waals surface area contributed by atoms with E-state index in [1.807, 2.05) is 12.5 Å². The number of hydrogen-bond donors (Lipinski definition) is 0. The van der Waals surface area contributed by atoms with Gasteiger partial charge < -0.3 is 4.57 Å². The highest BCUT2D eigenvalue weighted by Crippen LogP contribution is 2.18. The minimum Gasteiger partial charge on any atom is -0.330 e. The molecule has 15 heavy (non-hydrogen) atoms. The fourth-order valence-electron chi connectivity index (χ4n) is 1.68. The SMILES string of the molecule is CC(Cc1ccsc1)n1cncc1CCl. The summed E-state index contributed by atoms with van der Waals surface area (Å²) in [6, 6.07) is 2.58. The molecule has 2 aromatic rings. The van der Waals surface area contributed by atoms with Crippen LogP contribution >= 0.6 is 22.9 Å². The Morgan fingerprint density at radius 3 is 3.13 bits per heavy atom. The summed E-state index contributed by atoms with van der Waals surface area (Å²) in [5.74, 6) is 0.522. The lowest BCUT2D eigenvalue weighted by molar-refractivity contribution is 0.532. The largest absolute Gasteiger partial charge is 0.330 e. The van der Waals surface area contributed by atoms with Crippen LogP contribution < -0.4 is 0 Å². The average Bonchev–Trinajstić information content (AvgIpc) is 2.86. The lowest BCUT2D eigenvalue weighted by Crippen LogP contribution is -2.09. The molecule has 80 valence electrons. The first kappa shape index (κ1) is 10.7. The van der Waals surface area contributed by atoms with Crippen molar-refractivity contribution in [1.29, 1.82) is 0 Å². The third-order valence-corrected chi connectivity index (χ3v) is 3.48. The van der Waals surface area contributed by atoms with Gasteiger partial charge in [-0.2, -0.15) is 11.3 Å². The van der Waals surface area contributed by atoms with Crippen molar-refractivity contribution in [3.05, 3.63) is 40.6 Å². The molecule has 0 saturated heterocycles. The second-order valence-electron chi connectivity index (χ2n) is 3.61. The predicted octanol–water partition coefficient (Wildman–Crippen LogP) is 3.49. The van der Waals surface area contributed by atoms with Crippen molar-refractivity contribution in [3.8, 4) is 0 Å². The summed E-state index contributed by atoms with van der Waals surface area (Å²) in [4.78, 5) is 4.12. The summed E-state index contributed by atoms with van der Waals surface area (Å²) in [5.41, 5.74) is 2.46. The Balaban J connectivity index is 2.11. The molecular formula is C11H13ClN2S. The standard InChI is InChI=1S/C11H13ClN2S/c1-9(4-10-2-3-15-7-10)14-8-13-6-11(14)5-12/h2-3,6-9H,4-5H2,1H3. The minimum atomic E-state index is 0.413. The second-order valence-corrected chi connectivity index (χ2v) is 4.66. The Kier molecular flexibility index (Phi) is 3.44. The molecule has 4 heteroatoms. The van der Waals surface area contributed by atoms with E-state index in [-0.39, 0.29) is 0 Å². The first-order valence-corrected chi connectivity index (χ1v) is 6.36. The number of aromatic nitrogens is 2. The maximum atomic E-state index is 5.84. The summed E-state index contributed by atoms with van der Waals surface area (Å²) in [6.07, 6.45) is 4.72. The first-order valence-electron chi connectivity index (χ1n) is 4.89. The molecule has 0 N–H and O–H groups in total. The molecule has 0 bridgehead atoms. The highest BCUT2D eigenvalue weighted by molar-refractivity contribution is 7.07. The number of thiophene rings is 1. The normalized spacial score (nSPS) is 12.9. The third-order valence-electron chi connectivity index (χ3n) is 2.47. The van der Waals surface area contributed by atoms with Gasteiger partial charge in [-0.3, -0.25) is 0 Å². The van der Waals surface area contributed by atoms with E-state index < -0.39 is 0 Å². The Hall–Kier alpha value is -0.800. The maximum Gasteiger partial charge on any atom is 0.0951 e. The Bertz CT molecular complexity index is 408. The zero-order valence-electron chi connectivity index (χ0n) is 8.56. The van der Waals surface area contributed by atoms with Gasteiger partial charge in [0, 0.05) is 12.2 Å². The van der Waals surface area contributed by atoms with Crippen LogP contribution in [-0.2, 0) is 12.3 Å². The van der Waals surface area contributed by atoms with Crippen LogP contribution in [0.1, 0.15) is 24.2 Å². The summed E-state index contributed by atoms with van der Waals surface area (Å²) in [6.45, 7) is 2.19. The number of nitrogens with zero attached hydrogens (tertiary/aromatic N) is 2. The zero-order chi connectivity index (χ0) is 10.7. The van der Waals surface area contributed by atoms with Crippen molar-refractivity contribution in [2.75, 3.05) is 0 Å². The van der Waals surface area contributed by atoms with Gasteiger partial charge in [0.2, 0.25) is 0 Å². The fraction of sp³-hybridized carbons (Fsp3) is 0.364. The van der Waals surface area contributed by atoms with Gasteiger partial charge in [-0.05, 0) is 35.7 Å². The number of halogens is 1. The molecule has 0 fully saturated rings. The van der Waals surface area contributed by atoms with Crippen LogP contribution in [0.25, 0.3) is 0 Å². The monoisotopic (exact) mass is 240 g/mol. The quantitative estimate of drug-likeness (QED) is 0.749. The van der Waals surface area contributed by atoms with E-state index in [2.05, 4.69) is 33.3 Å². The van der Waals surface area contributed by atoms with E-state index in [1.54, 1.807) is 11.3 Å². The summed E-state index contributed by atoms with van der Waals surface area (Å²) in [7, 11) is 0. The number of hydrogen-bond acceptors (Lipinski definition) is 2. The predicted molar refractivity (Wildman–Crippen MR) is 64.5 cm³/mol. The van der Waals surface area contributed by atoms with E-state index in [0.29, 0.717) is 11.9 Å². The van der Waals surface area contributed by atoms with Gasteiger partial charge in [0.15, 0.2) is 0 Å². The van der Waals surface area contributed by atoms with Crippen LogP contribution in [0.2, 0.25) is 0 Å². The van der Waals surface area contributed by atoms with Gasteiger partial charge in [0.05, 0.1) is 17.9 Å². The van der Waals surface area contributed by atoms with E-state index in [0.717, 1.165) is 12.1 Å². The lowest BCUT2D eigenvalue weighted by Gasteiger charge is -2.14. The zero-order valence-corrected chi connectivity index (χ0v) is 10.1. The Labute approximate surface area is 98.5 Å². The number of alkyl halides is 1. The minimum absolute atomic E-state index is 0.413. The average molecular weight is 241 g/mol. The van der Waals surface area contributed by atoms with Crippen molar-refractivity contribution in [2.45, 2.75) is 25.3 Å². The molecule has 0 aromatic carbocycles. The molecular weight excluding hydrogens is 228 g/mol. The third kappa shape index (κ3) is 2.41. The van der Waals surface area contributed by atoms with Crippen LogP contribution in [0.15, 0.2) is 29.4 Å². The van der Waals surface area contributed by atoms with E-state index >= 15 is 0 Å². The van der Waals surface area contributed by atoms with Gasteiger partial charge >= 0.3 is 0 Å². The van der Waals surface area contributed by atoms with Crippen molar-refractivity contribution in [1.82, 2.24) is 9.55 Å². The van der Waals surface area contributed by atoms with Gasteiger partial charge in [0.1, 0.15) is 0 Å². The first-order chi connectivity index (χ1) is 7.31. The molecule has 1 atom stereocenters. The van der Waals surface area contributed by atoms with Crippen molar-refractivity contribution in [2.24, 2.45) is 0 Å². The van der Waals surface area contributed by atoms with E-state index in [4.69, 9.17) is 11.6 Å². The Morgan fingerprint density at radius 2 is 2.47 bits per heavy atom. The molecule has 2 rings (SSSR count). The number of imidazole rings is 1. The highest BCUT2D eigenvalue weighted by Gasteiger charge is 2.09. The van der Waals surface area contributed by atoms with Gasteiger partial charge in [-0.15, -0.1) is 11.6 Å². The summed E-state index contributed by atoms with van der Waals surface area (Å²) < 4.78 is 2.14. The molecule has 0 saturated carbocycles. The van der Waals surface area contributed by atoms with Crippen molar-refractivity contribution >= 4 is 22.9 Å². The van der Waals surface area contributed by atoms with Crippen LogP contribution in [0, 0.1) is 0 Å². The second kappa shape index (κ2) is 4.81. The molecule has 0 spiro atoms. The van der Waals surface area contributed by atoms with Crippen LogP contribution in [0.3, 0.4) is 0 Å². The topological polar surface area (TPSA) is 17.8 Å². The van der Waals surface area contributed by atoms with Gasteiger partial charge in [-0.25, -0.2) is 4.98 Å². The number of rotatable bonds is 4. The van der Waals surface area contributed by atoms with Crippen LogP contribution in [0.5, 0.6) is 0 Å².